The Hall–Kier alpha value is -1.31. The lowest BCUT2D eigenvalue weighted by Gasteiger charge is -2.11. The first kappa shape index (κ1) is 13.8. The molecule has 0 saturated carbocycles. The fourth-order valence-electron chi connectivity index (χ4n) is 1.26. The van der Waals surface area contributed by atoms with Crippen LogP contribution in [0, 0.1) is 0 Å². The highest BCUT2D eigenvalue weighted by atomic mass is 32.2. The molecular formula is C9H12F2N2O3S. The van der Waals surface area contributed by atoms with Crippen molar-refractivity contribution in [3.05, 3.63) is 11.8 Å². The molecule has 0 aliphatic carbocycles. The smallest absolute Gasteiger partial charge is 0.257 e. The summed E-state index contributed by atoms with van der Waals surface area (Å²) >= 11 is 0. The molecule has 0 aromatic carbocycles. The number of rotatable bonds is 5. The van der Waals surface area contributed by atoms with E-state index in [0.29, 0.717) is 11.0 Å². The van der Waals surface area contributed by atoms with E-state index in [0.717, 1.165) is 6.20 Å². The maximum atomic E-state index is 12.3. The summed E-state index contributed by atoms with van der Waals surface area (Å²) in [5.74, 6) is 0. The molecule has 1 rings (SSSR count). The zero-order chi connectivity index (χ0) is 13.2. The quantitative estimate of drug-likeness (QED) is 0.749. The van der Waals surface area contributed by atoms with Crippen molar-refractivity contribution < 1.29 is 22.0 Å². The molecule has 0 aliphatic rings. The Bertz CT molecular complexity index is 508. The number of aldehydes is 1. The zero-order valence-corrected chi connectivity index (χ0v) is 10.1. The van der Waals surface area contributed by atoms with Crippen LogP contribution in [0.5, 0.6) is 0 Å². The van der Waals surface area contributed by atoms with E-state index in [9.17, 15) is 22.0 Å². The normalized spacial score (nSPS) is 12.4. The molecule has 0 amide bonds. The zero-order valence-electron chi connectivity index (χ0n) is 9.30. The van der Waals surface area contributed by atoms with Crippen LogP contribution in [0.15, 0.2) is 11.2 Å². The summed E-state index contributed by atoms with van der Waals surface area (Å²) in [6.45, 7) is 1.96. The summed E-state index contributed by atoms with van der Waals surface area (Å²) in [4.78, 5) is 10.7. The molecule has 8 heteroatoms. The fourth-order valence-corrected chi connectivity index (χ4v) is 2.56. The molecule has 96 valence electrons. The van der Waals surface area contributed by atoms with Crippen molar-refractivity contribution in [3.8, 4) is 0 Å². The summed E-state index contributed by atoms with van der Waals surface area (Å²) in [5, 5.41) is 2.25. The Morgan fingerprint density at radius 2 is 2.06 bits per heavy atom. The largest absolute Gasteiger partial charge is 0.298 e. The molecule has 0 saturated heterocycles. The van der Waals surface area contributed by atoms with Gasteiger partial charge >= 0.3 is 0 Å². The standard InChI is InChI=1S/C9H12F2N2O3S/c1-6(2)17(15,16)9-7(5-14)3-12-13(9)4-8(10)11/h3,5-6,8H,4H2,1-2H3. The van der Waals surface area contributed by atoms with Crippen molar-refractivity contribution in [3.63, 3.8) is 0 Å². The number of halogens is 2. The van der Waals surface area contributed by atoms with Gasteiger partial charge < -0.3 is 0 Å². The summed E-state index contributed by atoms with van der Waals surface area (Å²) in [6.07, 6.45) is -1.47. The Morgan fingerprint density at radius 1 is 1.47 bits per heavy atom. The highest BCUT2D eigenvalue weighted by Crippen LogP contribution is 2.20. The number of nitrogens with zero attached hydrogens (tertiary/aromatic N) is 2. The summed E-state index contributed by atoms with van der Waals surface area (Å²) in [7, 11) is -3.82. The van der Waals surface area contributed by atoms with Crippen LogP contribution in [-0.4, -0.2) is 36.2 Å². The van der Waals surface area contributed by atoms with Crippen molar-refractivity contribution in [1.82, 2.24) is 9.78 Å². The van der Waals surface area contributed by atoms with Crippen molar-refractivity contribution in [1.29, 1.82) is 0 Å². The molecule has 0 spiro atoms. The van der Waals surface area contributed by atoms with Gasteiger partial charge in [0.1, 0.15) is 6.54 Å². The maximum absolute atomic E-state index is 12.3. The lowest BCUT2D eigenvalue weighted by atomic mass is 10.4. The SMILES string of the molecule is CC(C)S(=O)(=O)c1c(C=O)cnn1CC(F)F. The first-order valence-electron chi connectivity index (χ1n) is 4.83. The van der Waals surface area contributed by atoms with Crippen molar-refractivity contribution >= 4 is 16.1 Å². The third-order valence-corrected chi connectivity index (χ3v) is 4.37. The molecule has 0 aliphatic heterocycles. The van der Waals surface area contributed by atoms with Crippen molar-refractivity contribution in [2.45, 2.75) is 37.1 Å². The van der Waals surface area contributed by atoms with Crippen molar-refractivity contribution in [2.75, 3.05) is 0 Å². The average Bonchev–Trinajstić information content (AvgIpc) is 2.59. The number of carbonyl (C=O) groups is 1. The van der Waals surface area contributed by atoms with Gasteiger partial charge in [0.05, 0.1) is 17.0 Å². The second kappa shape index (κ2) is 4.91. The van der Waals surface area contributed by atoms with E-state index in [-0.39, 0.29) is 5.56 Å². The molecule has 17 heavy (non-hydrogen) atoms. The van der Waals surface area contributed by atoms with Crippen LogP contribution in [-0.2, 0) is 16.4 Å². The van der Waals surface area contributed by atoms with Gasteiger partial charge in [-0.3, -0.25) is 4.79 Å². The highest BCUT2D eigenvalue weighted by Gasteiger charge is 2.28. The monoisotopic (exact) mass is 266 g/mol. The Balaban J connectivity index is 3.38. The minimum absolute atomic E-state index is 0.195. The molecule has 0 atom stereocenters. The van der Waals surface area contributed by atoms with Crippen molar-refractivity contribution in [2.24, 2.45) is 0 Å². The van der Waals surface area contributed by atoms with E-state index in [1.165, 1.54) is 13.8 Å². The van der Waals surface area contributed by atoms with Gasteiger partial charge in [-0.15, -0.1) is 0 Å². The number of aromatic nitrogens is 2. The predicted molar refractivity (Wildman–Crippen MR) is 55.9 cm³/mol. The molecule has 0 N–H and O–H groups in total. The van der Waals surface area contributed by atoms with E-state index in [4.69, 9.17) is 0 Å². The number of hydrogen-bond donors (Lipinski definition) is 0. The van der Waals surface area contributed by atoms with Gasteiger partial charge in [-0.2, -0.15) is 5.10 Å². The second-order valence-electron chi connectivity index (χ2n) is 3.69. The second-order valence-corrected chi connectivity index (χ2v) is 6.11. The van der Waals surface area contributed by atoms with Crippen LogP contribution in [0.4, 0.5) is 8.78 Å². The van der Waals surface area contributed by atoms with E-state index >= 15 is 0 Å². The highest BCUT2D eigenvalue weighted by molar-refractivity contribution is 7.92. The van der Waals surface area contributed by atoms with Crippen LogP contribution >= 0.6 is 0 Å². The fraction of sp³-hybridized carbons (Fsp3) is 0.556. The van der Waals surface area contributed by atoms with Crippen LogP contribution in [0.25, 0.3) is 0 Å². The van der Waals surface area contributed by atoms with Crippen LogP contribution in [0.2, 0.25) is 0 Å². The lowest BCUT2D eigenvalue weighted by Crippen LogP contribution is -2.22. The van der Waals surface area contributed by atoms with Crippen LogP contribution < -0.4 is 0 Å². The number of hydrogen-bond acceptors (Lipinski definition) is 4. The maximum Gasteiger partial charge on any atom is 0.257 e. The Morgan fingerprint density at radius 3 is 2.47 bits per heavy atom. The topological polar surface area (TPSA) is 69.0 Å². The predicted octanol–water partition coefficient (Wildman–Crippen LogP) is 1.14. The third kappa shape index (κ3) is 2.68. The number of alkyl halides is 2. The summed E-state index contributed by atoms with van der Waals surface area (Å²) in [6, 6.07) is 0. The molecule has 1 aromatic heterocycles. The molecule has 0 fully saturated rings. The molecule has 1 aromatic rings. The molecule has 0 bridgehead atoms. The summed E-state index contributed by atoms with van der Waals surface area (Å²) < 4.78 is 49.0. The third-order valence-electron chi connectivity index (χ3n) is 2.15. The van der Waals surface area contributed by atoms with Gasteiger partial charge in [-0.25, -0.2) is 21.9 Å². The molecule has 0 radical (unpaired) electrons. The Labute approximate surface area is 97.3 Å². The van der Waals surface area contributed by atoms with E-state index in [2.05, 4.69) is 5.10 Å². The first-order chi connectivity index (χ1) is 7.80. The minimum Gasteiger partial charge on any atom is -0.298 e. The molecule has 1 heterocycles. The first-order valence-corrected chi connectivity index (χ1v) is 6.38. The van der Waals surface area contributed by atoms with E-state index in [1.54, 1.807) is 0 Å². The molecular weight excluding hydrogens is 254 g/mol. The van der Waals surface area contributed by atoms with E-state index in [1.807, 2.05) is 0 Å². The average molecular weight is 266 g/mol. The van der Waals surface area contributed by atoms with Gasteiger partial charge in [0.2, 0.25) is 0 Å². The molecule has 0 unspecified atom stereocenters. The van der Waals surface area contributed by atoms with Gasteiger partial charge in [0, 0.05) is 0 Å². The number of sulfone groups is 1. The minimum atomic E-state index is -3.82. The van der Waals surface area contributed by atoms with E-state index < -0.39 is 33.1 Å². The molecule has 5 nitrogen and oxygen atoms in total. The summed E-state index contributed by atoms with van der Waals surface area (Å²) in [5.41, 5.74) is -0.195. The van der Waals surface area contributed by atoms with Gasteiger partial charge in [-0.05, 0) is 13.8 Å². The van der Waals surface area contributed by atoms with Gasteiger partial charge in [0.25, 0.3) is 6.43 Å². The van der Waals surface area contributed by atoms with Gasteiger partial charge in [-0.1, -0.05) is 0 Å². The number of carbonyl (C=O) groups excluding carboxylic acids is 1. The van der Waals surface area contributed by atoms with Crippen LogP contribution in [0.1, 0.15) is 24.2 Å². The lowest BCUT2D eigenvalue weighted by molar-refractivity contribution is 0.110. The van der Waals surface area contributed by atoms with Gasteiger partial charge in [0.15, 0.2) is 21.1 Å². The van der Waals surface area contributed by atoms with Crippen LogP contribution in [0.3, 0.4) is 0 Å². The Kier molecular flexibility index (Phi) is 3.97.